The molecule has 2 nitrogen and oxygen atoms in total. The second-order valence-corrected chi connectivity index (χ2v) is 3.04. The quantitative estimate of drug-likeness (QED) is 0.749. The van der Waals surface area contributed by atoms with Crippen LogP contribution in [0.15, 0.2) is 35.9 Å². The first-order valence-electron chi connectivity index (χ1n) is 4.19. The summed E-state index contributed by atoms with van der Waals surface area (Å²) in [5, 5.41) is 0. The average Bonchev–Trinajstić information content (AvgIpc) is 2.04. The van der Waals surface area contributed by atoms with E-state index >= 15 is 0 Å². The van der Waals surface area contributed by atoms with Gasteiger partial charge in [0.25, 0.3) is 0 Å². The van der Waals surface area contributed by atoms with Crippen LogP contribution < -0.4 is 5.73 Å². The molecule has 1 aromatic rings. The Labute approximate surface area is 78.1 Å². The minimum absolute atomic E-state index is 0.287. The smallest absolute Gasteiger partial charge is 0.221 e. The summed E-state index contributed by atoms with van der Waals surface area (Å²) in [6, 6.07) is 9.86. The molecule has 0 atom stereocenters. The Morgan fingerprint density at radius 2 is 2.00 bits per heavy atom. The minimum Gasteiger partial charge on any atom is -0.369 e. The van der Waals surface area contributed by atoms with Gasteiger partial charge >= 0.3 is 0 Å². The Kier molecular flexibility index (Phi) is 3.26. The molecule has 0 spiro atoms. The van der Waals surface area contributed by atoms with Gasteiger partial charge in [0, 0.05) is 6.42 Å². The molecule has 2 N–H and O–H groups in total. The van der Waals surface area contributed by atoms with E-state index < -0.39 is 0 Å². The van der Waals surface area contributed by atoms with Gasteiger partial charge in [-0.05, 0) is 12.5 Å². The molecule has 0 saturated carbocycles. The zero-order chi connectivity index (χ0) is 9.68. The molecule has 1 rings (SSSR count). The number of rotatable bonds is 3. The summed E-state index contributed by atoms with van der Waals surface area (Å²) in [5.74, 6) is -0.287. The highest BCUT2D eigenvalue weighted by atomic mass is 16.1. The Morgan fingerprint density at radius 3 is 2.54 bits per heavy atom. The number of carbonyl (C=O) groups excluding carboxylic acids is 1. The first kappa shape index (κ1) is 9.52. The van der Waals surface area contributed by atoms with Crippen molar-refractivity contribution in [1.29, 1.82) is 0 Å². The molecule has 0 heterocycles. The zero-order valence-electron chi connectivity index (χ0n) is 7.66. The maximum absolute atomic E-state index is 10.6. The third kappa shape index (κ3) is 3.56. The van der Waals surface area contributed by atoms with Crippen LogP contribution in [-0.4, -0.2) is 5.91 Å². The predicted molar refractivity (Wildman–Crippen MR) is 53.9 cm³/mol. The van der Waals surface area contributed by atoms with Gasteiger partial charge in [-0.2, -0.15) is 0 Å². The van der Waals surface area contributed by atoms with E-state index in [-0.39, 0.29) is 5.91 Å². The lowest BCUT2D eigenvalue weighted by Crippen LogP contribution is -2.10. The summed E-state index contributed by atoms with van der Waals surface area (Å²) in [5.41, 5.74) is 7.15. The third-order valence-corrected chi connectivity index (χ3v) is 1.67. The molecule has 0 aliphatic rings. The van der Waals surface area contributed by atoms with Crippen LogP contribution in [0, 0.1) is 0 Å². The molecular formula is C11H13NO. The van der Waals surface area contributed by atoms with E-state index in [1.165, 1.54) is 0 Å². The number of hydrogen-bond donors (Lipinski definition) is 1. The van der Waals surface area contributed by atoms with Crippen molar-refractivity contribution < 1.29 is 4.79 Å². The Hall–Kier alpha value is -1.57. The van der Waals surface area contributed by atoms with Crippen molar-refractivity contribution in [3.05, 3.63) is 41.5 Å². The zero-order valence-corrected chi connectivity index (χ0v) is 7.66. The van der Waals surface area contributed by atoms with E-state index in [1.54, 1.807) is 0 Å². The van der Waals surface area contributed by atoms with Gasteiger partial charge in [-0.3, -0.25) is 4.79 Å². The standard InChI is InChI=1S/C11H13NO/c1-9(8-11(12)13)7-10-5-3-2-4-6-10/h2-7H,8H2,1H3,(H2,12,13)/b9-7+. The summed E-state index contributed by atoms with van der Waals surface area (Å²) in [7, 11) is 0. The van der Waals surface area contributed by atoms with Crippen molar-refractivity contribution in [2.75, 3.05) is 0 Å². The van der Waals surface area contributed by atoms with Crippen molar-refractivity contribution in [1.82, 2.24) is 0 Å². The van der Waals surface area contributed by atoms with Crippen LogP contribution in [0.25, 0.3) is 6.08 Å². The SMILES string of the molecule is C/C(=C\c1ccccc1)CC(N)=O. The van der Waals surface area contributed by atoms with Gasteiger partial charge in [0.05, 0.1) is 0 Å². The lowest BCUT2D eigenvalue weighted by Gasteiger charge is -1.97. The van der Waals surface area contributed by atoms with Crippen molar-refractivity contribution in [2.45, 2.75) is 13.3 Å². The molecule has 0 radical (unpaired) electrons. The normalized spacial score (nSPS) is 11.3. The van der Waals surface area contributed by atoms with Gasteiger partial charge in [-0.1, -0.05) is 42.0 Å². The fourth-order valence-electron chi connectivity index (χ4n) is 1.16. The topological polar surface area (TPSA) is 43.1 Å². The molecule has 1 amide bonds. The van der Waals surface area contributed by atoms with Crippen LogP contribution in [0.3, 0.4) is 0 Å². The van der Waals surface area contributed by atoms with E-state index in [1.807, 2.05) is 43.3 Å². The lowest BCUT2D eigenvalue weighted by atomic mass is 10.1. The number of nitrogens with two attached hydrogens (primary N) is 1. The van der Waals surface area contributed by atoms with Crippen LogP contribution in [0.4, 0.5) is 0 Å². The van der Waals surface area contributed by atoms with Crippen LogP contribution in [0.5, 0.6) is 0 Å². The van der Waals surface area contributed by atoms with Gasteiger partial charge in [0.2, 0.25) is 5.91 Å². The highest BCUT2D eigenvalue weighted by Gasteiger charge is 1.95. The number of primary amides is 1. The van der Waals surface area contributed by atoms with Crippen LogP contribution in [0.2, 0.25) is 0 Å². The second-order valence-electron chi connectivity index (χ2n) is 3.04. The van der Waals surface area contributed by atoms with Gasteiger partial charge in [-0.15, -0.1) is 0 Å². The van der Waals surface area contributed by atoms with Crippen LogP contribution >= 0.6 is 0 Å². The van der Waals surface area contributed by atoms with Gasteiger partial charge < -0.3 is 5.73 Å². The molecule has 0 bridgehead atoms. The van der Waals surface area contributed by atoms with Crippen molar-refractivity contribution in [3.8, 4) is 0 Å². The Balaban J connectivity index is 2.71. The molecule has 0 fully saturated rings. The molecule has 0 aliphatic heterocycles. The lowest BCUT2D eigenvalue weighted by molar-refractivity contribution is -0.117. The van der Waals surface area contributed by atoms with E-state index in [2.05, 4.69) is 0 Å². The Morgan fingerprint density at radius 1 is 1.38 bits per heavy atom. The fourth-order valence-corrected chi connectivity index (χ4v) is 1.16. The van der Waals surface area contributed by atoms with Gasteiger partial charge in [-0.25, -0.2) is 0 Å². The van der Waals surface area contributed by atoms with Gasteiger partial charge in [0.15, 0.2) is 0 Å². The van der Waals surface area contributed by atoms with Crippen LogP contribution in [-0.2, 0) is 4.79 Å². The molecule has 13 heavy (non-hydrogen) atoms. The van der Waals surface area contributed by atoms with Crippen LogP contribution in [0.1, 0.15) is 18.9 Å². The monoisotopic (exact) mass is 175 g/mol. The highest BCUT2D eigenvalue weighted by Crippen LogP contribution is 2.08. The van der Waals surface area contributed by atoms with Crippen molar-refractivity contribution in [2.24, 2.45) is 5.73 Å². The largest absolute Gasteiger partial charge is 0.369 e. The summed E-state index contributed by atoms with van der Waals surface area (Å²) >= 11 is 0. The molecule has 0 saturated heterocycles. The van der Waals surface area contributed by atoms with E-state index in [9.17, 15) is 4.79 Å². The maximum Gasteiger partial charge on any atom is 0.221 e. The third-order valence-electron chi connectivity index (χ3n) is 1.67. The molecule has 0 aliphatic carbocycles. The van der Waals surface area contributed by atoms with E-state index in [0.29, 0.717) is 6.42 Å². The molecule has 1 aromatic carbocycles. The minimum atomic E-state index is -0.287. The fraction of sp³-hybridized carbons (Fsp3) is 0.182. The number of carbonyl (C=O) groups is 1. The van der Waals surface area contributed by atoms with Gasteiger partial charge in [0.1, 0.15) is 0 Å². The number of amides is 1. The van der Waals surface area contributed by atoms with Crippen molar-refractivity contribution >= 4 is 12.0 Å². The number of hydrogen-bond acceptors (Lipinski definition) is 1. The molecule has 0 aromatic heterocycles. The first-order chi connectivity index (χ1) is 6.18. The second kappa shape index (κ2) is 4.45. The summed E-state index contributed by atoms with van der Waals surface area (Å²) in [6.07, 6.45) is 2.29. The highest BCUT2D eigenvalue weighted by molar-refractivity contribution is 5.78. The summed E-state index contributed by atoms with van der Waals surface area (Å²) in [6.45, 7) is 1.90. The number of benzene rings is 1. The Bertz CT molecular complexity index is 314. The van der Waals surface area contributed by atoms with E-state index in [4.69, 9.17) is 5.73 Å². The predicted octanol–water partition coefficient (Wildman–Crippen LogP) is 1.97. The molecule has 2 heteroatoms. The van der Waals surface area contributed by atoms with E-state index in [0.717, 1.165) is 11.1 Å². The summed E-state index contributed by atoms with van der Waals surface area (Å²) in [4.78, 5) is 10.6. The molecule has 0 unspecified atom stereocenters. The molecule has 68 valence electrons. The summed E-state index contributed by atoms with van der Waals surface area (Å²) < 4.78 is 0. The maximum atomic E-state index is 10.6. The first-order valence-corrected chi connectivity index (χ1v) is 4.19. The molecular weight excluding hydrogens is 162 g/mol. The van der Waals surface area contributed by atoms with Crippen molar-refractivity contribution in [3.63, 3.8) is 0 Å². The average molecular weight is 175 g/mol.